The van der Waals surface area contributed by atoms with Crippen molar-refractivity contribution in [3.05, 3.63) is 29.3 Å². The number of nitrogens with one attached hydrogen (secondary N) is 1. The number of nitriles is 1. The molecule has 1 unspecified atom stereocenters. The van der Waals surface area contributed by atoms with Crippen LogP contribution in [0, 0.1) is 11.3 Å². The minimum absolute atomic E-state index is 0.210. The lowest BCUT2D eigenvalue weighted by atomic mass is 10.1. The molecule has 0 aliphatic rings. The lowest BCUT2D eigenvalue weighted by Gasteiger charge is -2.15. The molecule has 108 valence electrons. The third kappa shape index (κ3) is 3.88. The summed E-state index contributed by atoms with van der Waals surface area (Å²) >= 11 is 0. The quantitative estimate of drug-likeness (QED) is 0.864. The molecule has 0 heterocycles. The van der Waals surface area contributed by atoms with Crippen molar-refractivity contribution in [2.45, 2.75) is 26.1 Å². The third-order valence-corrected chi connectivity index (χ3v) is 2.47. The molecule has 1 rings (SSSR count). The van der Waals surface area contributed by atoms with E-state index in [4.69, 9.17) is 10.00 Å². The first-order chi connectivity index (χ1) is 9.29. The first-order valence-corrected chi connectivity index (χ1v) is 5.84. The zero-order valence-electron chi connectivity index (χ0n) is 10.9. The van der Waals surface area contributed by atoms with Crippen molar-refractivity contribution < 1.29 is 22.7 Å². The van der Waals surface area contributed by atoms with Crippen LogP contribution in [0.3, 0.4) is 0 Å². The Labute approximate surface area is 114 Å². The minimum atomic E-state index is -4.59. The number of halogens is 3. The van der Waals surface area contributed by atoms with Crippen molar-refractivity contribution in [1.82, 2.24) is 0 Å². The minimum Gasteiger partial charge on any atom is -0.464 e. The van der Waals surface area contributed by atoms with E-state index >= 15 is 0 Å². The Bertz CT molecular complexity index is 535. The number of rotatable bonds is 4. The summed E-state index contributed by atoms with van der Waals surface area (Å²) in [5, 5.41) is 11.5. The van der Waals surface area contributed by atoms with Crippen LogP contribution < -0.4 is 5.32 Å². The first-order valence-electron chi connectivity index (χ1n) is 5.84. The summed E-state index contributed by atoms with van der Waals surface area (Å²) < 4.78 is 42.6. The molecule has 0 saturated carbocycles. The second-order valence-electron chi connectivity index (χ2n) is 3.99. The topological polar surface area (TPSA) is 62.1 Å². The van der Waals surface area contributed by atoms with Crippen LogP contribution in [0.25, 0.3) is 0 Å². The van der Waals surface area contributed by atoms with Gasteiger partial charge >= 0.3 is 12.1 Å². The second-order valence-corrected chi connectivity index (χ2v) is 3.99. The molecule has 0 aliphatic carbocycles. The molecule has 0 aromatic heterocycles. The van der Waals surface area contributed by atoms with Crippen molar-refractivity contribution in [2.24, 2.45) is 0 Å². The molecule has 7 heteroatoms. The summed E-state index contributed by atoms with van der Waals surface area (Å²) in [4.78, 5) is 11.4. The van der Waals surface area contributed by atoms with E-state index in [1.807, 2.05) is 0 Å². The van der Waals surface area contributed by atoms with E-state index in [1.165, 1.54) is 19.1 Å². The molecule has 4 nitrogen and oxygen atoms in total. The summed E-state index contributed by atoms with van der Waals surface area (Å²) in [5.41, 5.74) is -1.26. The van der Waals surface area contributed by atoms with Gasteiger partial charge in [0.15, 0.2) is 0 Å². The van der Waals surface area contributed by atoms with E-state index in [-0.39, 0.29) is 12.3 Å². The molecule has 0 saturated heterocycles. The monoisotopic (exact) mass is 286 g/mol. The number of hydrogen-bond acceptors (Lipinski definition) is 4. The van der Waals surface area contributed by atoms with Crippen molar-refractivity contribution in [3.63, 3.8) is 0 Å². The fourth-order valence-electron chi connectivity index (χ4n) is 1.55. The van der Waals surface area contributed by atoms with Crippen LogP contribution in [0.4, 0.5) is 18.9 Å². The Morgan fingerprint density at radius 3 is 2.65 bits per heavy atom. The van der Waals surface area contributed by atoms with Crippen LogP contribution in [0.15, 0.2) is 18.2 Å². The van der Waals surface area contributed by atoms with Crippen molar-refractivity contribution in [1.29, 1.82) is 5.26 Å². The molecule has 0 radical (unpaired) electrons. The van der Waals surface area contributed by atoms with Crippen molar-refractivity contribution in [3.8, 4) is 6.07 Å². The van der Waals surface area contributed by atoms with Gasteiger partial charge in [-0.05, 0) is 32.0 Å². The molecule has 0 bridgehead atoms. The molecular formula is C13H13F3N2O2. The lowest BCUT2D eigenvalue weighted by molar-refractivity contribution is -0.143. The second kappa shape index (κ2) is 6.28. The number of hydrogen-bond donors (Lipinski definition) is 1. The Morgan fingerprint density at radius 1 is 1.50 bits per heavy atom. The van der Waals surface area contributed by atoms with Crippen LogP contribution in [0.5, 0.6) is 0 Å². The molecule has 1 aromatic carbocycles. The maximum atomic E-state index is 12.6. The lowest BCUT2D eigenvalue weighted by Crippen LogP contribution is -2.28. The summed E-state index contributed by atoms with van der Waals surface area (Å²) in [6, 6.07) is 3.79. The average molecular weight is 286 g/mol. The number of nitrogens with zero attached hydrogens (tertiary/aromatic N) is 1. The highest BCUT2D eigenvalue weighted by molar-refractivity contribution is 5.79. The zero-order chi connectivity index (χ0) is 15.3. The van der Waals surface area contributed by atoms with Crippen LogP contribution in [-0.2, 0) is 15.7 Å². The first kappa shape index (κ1) is 15.8. The molecule has 20 heavy (non-hydrogen) atoms. The largest absolute Gasteiger partial charge is 0.464 e. The standard InChI is InChI=1S/C13H13F3N2O2/c1-3-20-12(19)8(2)18-10-4-5-11(13(14,15)16)9(6-10)7-17/h4-6,8,18H,3H2,1-2H3. The van der Waals surface area contributed by atoms with Gasteiger partial charge in [-0.25, -0.2) is 4.79 Å². The van der Waals surface area contributed by atoms with Crippen molar-refractivity contribution in [2.75, 3.05) is 11.9 Å². The van der Waals surface area contributed by atoms with E-state index in [0.717, 1.165) is 12.1 Å². The van der Waals surface area contributed by atoms with E-state index in [2.05, 4.69) is 5.32 Å². The van der Waals surface area contributed by atoms with E-state index in [9.17, 15) is 18.0 Å². The van der Waals surface area contributed by atoms with Gasteiger partial charge in [0, 0.05) is 5.69 Å². The highest BCUT2D eigenvalue weighted by Gasteiger charge is 2.33. The molecule has 0 spiro atoms. The van der Waals surface area contributed by atoms with Crippen LogP contribution in [0.1, 0.15) is 25.0 Å². The Balaban J connectivity index is 2.95. The Kier molecular flexibility index (Phi) is 4.97. The molecule has 1 aromatic rings. The van der Waals surface area contributed by atoms with E-state index in [0.29, 0.717) is 0 Å². The predicted octanol–water partition coefficient (Wildman–Crippen LogP) is 2.94. The molecule has 0 aliphatic heterocycles. The van der Waals surface area contributed by atoms with Crippen LogP contribution in [-0.4, -0.2) is 18.6 Å². The van der Waals surface area contributed by atoms with Gasteiger partial charge in [0.05, 0.1) is 23.8 Å². The predicted molar refractivity (Wildman–Crippen MR) is 65.9 cm³/mol. The number of esters is 1. The number of alkyl halides is 3. The normalized spacial score (nSPS) is 12.4. The number of carbonyl (C=O) groups excluding carboxylic acids is 1. The number of anilines is 1. The fourth-order valence-corrected chi connectivity index (χ4v) is 1.55. The Hall–Kier alpha value is -2.23. The van der Waals surface area contributed by atoms with Gasteiger partial charge in [-0.15, -0.1) is 0 Å². The third-order valence-electron chi connectivity index (χ3n) is 2.47. The number of benzene rings is 1. The van der Waals surface area contributed by atoms with Gasteiger partial charge in [0.1, 0.15) is 6.04 Å². The highest BCUT2D eigenvalue weighted by atomic mass is 19.4. The summed E-state index contributed by atoms with van der Waals surface area (Å²) in [6.07, 6.45) is -4.59. The smallest absolute Gasteiger partial charge is 0.417 e. The van der Waals surface area contributed by atoms with Gasteiger partial charge < -0.3 is 10.1 Å². The van der Waals surface area contributed by atoms with Crippen LogP contribution in [0.2, 0.25) is 0 Å². The maximum absolute atomic E-state index is 12.6. The molecule has 0 amide bonds. The number of carbonyl (C=O) groups is 1. The van der Waals surface area contributed by atoms with Gasteiger partial charge in [0.25, 0.3) is 0 Å². The SMILES string of the molecule is CCOC(=O)C(C)Nc1ccc(C(F)(F)F)c(C#N)c1. The van der Waals surface area contributed by atoms with E-state index < -0.39 is 29.3 Å². The molecule has 1 N–H and O–H groups in total. The van der Waals surface area contributed by atoms with Gasteiger partial charge in [-0.1, -0.05) is 0 Å². The highest BCUT2D eigenvalue weighted by Crippen LogP contribution is 2.33. The molecule has 0 fully saturated rings. The number of ether oxygens (including phenoxy) is 1. The maximum Gasteiger partial charge on any atom is 0.417 e. The summed E-state index contributed by atoms with van der Waals surface area (Å²) in [6.45, 7) is 3.37. The van der Waals surface area contributed by atoms with Gasteiger partial charge in [-0.2, -0.15) is 18.4 Å². The van der Waals surface area contributed by atoms with Crippen molar-refractivity contribution >= 4 is 11.7 Å². The summed E-state index contributed by atoms with van der Waals surface area (Å²) in [5.74, 6) is -0.522. The van der Waals surface area contributed by atoms with Crippen LogP contribution >= 0.6 is 0 Å². The molecular weight excluding hydrogens is 273 g/mol. The average Bonchev–Trinajstić information content (AvgIpc) is 2.37. The summed E-state index contributed by atoms with van der Waals surface area (Å²) in [7, 11) is 0. The Morgan fingerprint density at radius 2 is 2.15 bits per heavy atom. The fraction of sp³-hybridized carbons (Fsp3) is 0.385. The molecule has 1 atom stereocenters. The van der Waals surface area contributed by atoms with E-state index in [1.54, 1.807) is 6.92 Å². The van der Waals surface area contributed by atoms with Gasteiger partial charge in [-0.3, -0.25) is 0 Å². The zero-order valence-corrected chi connectivity index (χ0v) is 10.9. The van der Waals surface area contributed by atoms with Gasteiger partial charge in [0.2, 0.25) is 0 Å².